The summed E-state index contributed by atoms with van der Waals surface area (Å²) in [5, 5.41) is 8.24. The maximum atomic E-state index is 10.6. The molecule has 0 amide bonds. The molecule has 1 unspecified atom stereocenters. The number of ether oxygens (including phenoxy) is 2. The number of esters is 1. The van der Waals surface area contributed by atoms with Gasteiger partial charge in [0, 0.05) is 11.6 Å². The average Bonchev–Trinajstić information content (AvgIpc) is 2.26. The van der Waals surface area contributed by atoms with Gasteiger partial charge in [0.1, 0.15) is 6.61 Å². The van der Waals surface area contributed by atoms with Crippen LogP contribution in [0.2, 0.25) is 0 Å². The van der Waals surface area contributed by atoms with Crippen molar-refractivity contribution >= 4 is 11.9 Å². The van der Waals surface area contributed by atoms with Gasteiger partial charge >= 0.3 is 11.9 Å². The number of hydrogen-bond acceptors (Lipinski definition) is 4. The summed E-state index contributed by atoms with van der Waals surface area (Å²) in [6, 6.07) is 0. The van der Waals surface area contributed by atoms with E-state index in [0.717, 1.165) is 0 Å². The summed E-state index contributed by atoms with van der Waals surface area (Å²) in [6.07, 6.45) is 0.445. The largest absolute Gasteiger partial charge is 0.480 e. The highest BCUT2D eigenvalue weighted by Crippen LogP contribution is 2.15. The molecule has 0 saturated carbocycles. The Balaban J connectivity index is 2.40. The van der Waals surface area contributed by atoms with E-state index in [4.69, 9.17) is 9.84 Å². The van der Waals surface area contributed by atoms with Crippen LogP contribution >= 0.6 is 0 Å². The normalized spacial score (nSPS) is 21.9. The van der Waals surface area contributed by atoms with E-state index in [1.807, 2.05) is 0 Å². The lowest BCUT2D eigenvalue weighted by molar-refractivity contribution is -0.168. The van der Waals surface area contributed by atoms with Gasteiger partial charge in [-0.3, -0.25) is 0 Å². The predicted molar refractivity (Wildman–Crippen MR) is 37.2 cm³/mol. The van der Waals surface area contributed by atoms with E-state index in [1.165, 1.54) is 6.08 Å². The van der Waals surface area contributed by atoms with Gasteiger partial charge in [0.05, 0.1) is 0 Å². The van der Waals surface area contributed by atoms with E-state index in [0.29, 0.717) is 5.57 Å². The first kappa shape index (κ1) is 8.73. The molecule has 66 valence electrons. The molecule has 0 aromatic heterocycles. The number of cyclic esters (lactones) is 1. The zero-order valence-corrected chi connectivity index (χ0v) is 6.44. The van der Waals surface area contributed by atoms with Crippen LogP contribution in [0.3, 0.4) is 0 Å². The molecule has 0 saturated heterocycles. The van der Waals surface area contributed by atoms with Gasteiger partial charge in [-0.1, -0.05) is 0 Å². The van der Waals surface area contributed by atoms with Crippen LogP contribution in [0, 0.1) is 0 Å². The van der Waals surface area contributed by atoms with E-state index < -0.39 is 24.8 Å². The Kier molecular flexibility index (Phi) is 2.44. The van der Waals surface area contributed by atoms with Crippen molar-refractivity contribution in [2.45, 2.75) is 13.2 Å². The van der Waals surface area contributed by atoms with E-state index in [1.54, 1.807) is 6.92 Å². The third kappa shape index (κ3) is 2.06. The van der Waals surface area contributed by atoms with E-state index in [9.17, 15) is 9.59 Å². The molecule has 0 aliphatic carbocycles. The summed E-state index contributed by atoms with van der Waals surface area (Å²) in [5.74, 6) is -1.59. The highest BCUT2D eigenvalue weighted by Gasteiger charge is 2.23. The second-order valence-electron chi connectivity index (χ2n) is 2.36. The fourth-order valence-corrected chi connectivity index (χ4v) is 0.799. The quantitative estimate of drug-likeness (QED) is 0.602. The fourth-order valence-electron chi connectivity index (χ4n) is 0.799. The number of carboxylic acids is 1. The van der Waals surface area contributed by atoms with Gasteiger partial charge in [0.25, 0.3) is 0 Å². The molecule has 0 bridgehead atoms. The van der Waals surface area contributed by atoms with Crippen LogP contribution < -0.4 is 0 Å². The average molecular weight is 172 g/mol. The molecule has 0 spiro atoms. The lowest BCUT2D eigenvalue weighted by atomic mass is 10.3. The molecule has 1 N–H and O–H groups in total. The molecule has 5 heteroatoms. The van der Waals surface area contributed by atoms with Crippen LogP contribution in [0.15, 0.2) is 11.6 Å². The van der Waals surface area contributed by atoms with Gasteiger partial charge in [-0.25, -0.2) is 9.59 Å². The zero-order valence-electron chi connectivity index (χ0n) is 6.44. The smallest absolute Gasteiger partial charge is 0.333 e. The maximum Gasteiger partial charge on any atom is 0.333 e. The predicted octanol–water partition coefficient (Wildman–Crippen LogP) is -0.0832. The third-order valence-electron chi connectivity index (χ3n) is 1.30. The molecular weight excluding hydrogens is 164 g/mol. The number of carbonyl (C=O) groups is 2. The summed E-state index contributed by atoms with van der Waals surface area (Å²) in [5.41, 5.74) is 0.584. The van der Waals surface area contributed by atoms with Crippen molar-refractivity contribution in [1.29, 1.82) is 0 Å². The molecule has 12 heavy (non-hydrogen) atoms. The second-order valence-corrected chi connectivity index (χ2v) is 2.36. The van der Waals surface area contributed by atoms with Crippen molar-refractivity contribution in [3.63, 3.8) is 0 Å². The Bertz CT molecular complexity index is 242. The molecular formula is C7H8O5. The van der Waals surface area contributed by atoms with Gasteiger partial charge in [0.2, 0.25) is 6.29 Å². The van der Waals surface area contributed by atoms with Crippen LogP contribution in [0.1, 0.15) is 6.92 Å². The number of carbonyl (C=O) groups excluding carboxylic acids is 1. The minimum Gasteiger partial charge on any atom is -0.480 e. The molecule has 1 aliphatic heterocycles. The highest BCUT2D eigenvalue weighted by molar-refractivity contribution is 5.85. The van der Waals surface area contributed by atoms with E-state index in [-0.39, 0.29) is 0 Å². The molecule has 0 aromatic rings. The maximum absolute atomic E-state index is 10.6. The van der Waals surface area contributed by atoms with Crippen molar-refractivity contribution < 1.29 is 24.2 Å². The van der Waals surface area contributed by atoms with E-state index in [2.05, 4.69) is 4.74 Å². The molecule has 1 rings (SSSR count). The van der Waals surface area contributed by atoms with Crippen molar-refractivity contribution in [1.82, 2.24) is 0 Å². The van der Waals surface area contributed by atoms with Crippen molar-refractivity contribution in [2.75, 3.05) is 6.61 Å². The Hall–Kier alpha value is -1.36. The summed E-state index contributed by atoms with van der Waals surface area (Å²) in [7, 11) is 0. The Morgan fingerprint density at radius 2 is 2.50 bits per heavy atom. The summed E-state index contributed by atoms with van der Waals surface area (Å²) < 4.78 is 9.34. The second kappa shape index (κ2) is 3.36. The third-order valence-corrected chi connectivity index (χ3v) is 1.30. The fraction of sp³-hybridized carbons (Fsp3) is 0.429. The highest BCUT2D eigenvalue weighted by atomic mass is 16.7. The Labute approximate surface area is 68.6 Å². The van der Waals surface area contributed by atoms with Gasteiger partial charge in [-0.05, 0) is 6.92 Å². The zero-order chi connectivity index (χ0) is 9.14. The summed E-state index contributed by atoms with van der Waals surface area (Å²) in [4.78, 5) is 20.6. The van der Waals surface area contributed by atoms with Crippen molar-refractivity contribution in [2.24, 2.45) is 0 Å². The molecule has 0 aromatic carbocycles. The first-order chi connectivity index (χ1) is 5.59. The number of rotatable bonds is 3. The van der Waals surface area contributed by atoms with Crippen LogP contribution in [0.25, 0.3) is 0 Å². The molecule has 0 fully saturated rings. The lowest BCUT2D eigenvalue weighted by Crippen LogP contribution is -2.19. The summed E-state index contributed by atoms with van der Waals surface area (Å²) >= 11 is 0. The minimum absolute atomic E-state index is 0.469. The Morgan fingerprint density at radius 1 is 1.83 bits per heavy atom. The van der Waals surface area contributed by atoms with E-state index >= 15 is 0 Å². The lowest BCUT2D eigenvalue weighted by Gasteiger charge is -2.10. The molecule has 5 nitrogen and oxygen atoms in total. The van der Waals surface area contributed by atoms with Gasteiger partial charge in [-0.15, -0.1) is 0 Å². The molecule has 1 atom stereocenters. The van der Waals surface area contributed by atoms with Crippen molar-refractivity contribution in [3.05, 3.63) is 11.6 Å². The van der Waals surface area contributed by atoms with Gasteiger partial charge in [0.15, 0.2) is 0 Å². The number of hydrogen-bond donors (Lipinski definition) is 1. The van der Waals surface area contributed by atoms with Crippen LogP contribution in [0.5, 0.6) is 0 Å². The molecule has 1 heterocycles. The van der Waals surface area contributed by atoms with Crippen molar-refractivity contribution in [3.8, 4) is 0 Å². The minimum atomic E-state index is -1.09. The number of aliphatic carboxylic acids is 1. The summed E-state index contributed by atoms with van der Waals surface area (Å²) in [6.45, 7) is 1.17. The Morgan fingerprint density at radius 3 is 2.92 bits per heavy atom. The first-order valence-electron chi connectivity index (χ1n) is 3.32. The van der Waals surface area contributed by atoms with Gasteiger partial charge < -0.3 is 14.6 Å². The molecule has 1 aliphatic rings. The topological polar surface area (TPSA) is 72.8 Å². The van der Waals surface area contributed by atoms with Crippen LogP contribution in [-0.4, -0.2) is 29.9 Å². The standard InChI is InChI=1S/C7H8O5/c1-4-2-6(10)12-7(4)11-3-5(8)9/h2,7H,3H2,1H3,(H,8,9). The van der Waals surface area contributed by atoms with Gasteiger partial charge in [-0.2, -0.15) is 0 Å². The first-order valence-corrected chi connectivity index (χ1v) is 3.32. The molecule has 0 radical (unpaired) electrons. The van der Waals surface area contributed by atoms with Crippen LogP contribution in [0.4, 0.5) is 0 Å². The van der Waals surface area contributed by atoms with Crippen LogP contribution in [-0.2, 0) is 19.1 Å². The SMILES string of the molecule is CC1=CC(=O)OC1OCC(=O)O. The monoisotopic (exact) mass is 172 g/mol. The number of carboxylic acid groups (broad SMARTS) is 1.